The van der Waals surface area contributed by atoms with Gasteiger partial charge >= 0.3 is 0 Å². The number of nitrogens with zero attached hydrogens (tertiary/aromatic N) is 4. The molecule has 0 radical (unpaired) electrons. The fourth-order valence-corrected chi connectivity index (χ4v) is 6.92. The maximum Gasteiger partial charge on any atom is 0.265 e. The van der Waals surface area contributed by atoms with Gasteiger partial charge in [-0.3, -0.25) is 4.79 Å². The lowest BCUT2D eigenvalue weighted by atomic mass is 9.68. The molecule has 2 aliphatic carbocycles. The number of hydrogen-bond acceptors (Lipinski definition) is 4. The molecule has 0 amide bonds. The molecule has 5 nitrogen and oxygen atoms in total. The van der Waals surface area contributed by atoms with Crippen molar-refractivity contribution in [3.05, 3.63) is 45.7 Å². The van der Waals surface area contributed by atoms with Gasteiger partial charge in [-0.1, -0.05) is 88.4 Å². The highest BCUT2D eigenvalue weighted by Gasteiger charge is 2.45. The SMILES string of the molecule is CCCCCSc1nnc2n(CCCCC)c3c(c(=O)n12)C1(CCCC1)Cc1ccccc1-3. The van der Waals surface area contributed by atoms with E-state index in [1.54, 1.807) is 11.8 Å². The highest BCUT2D eigenvalue weighted by molar-refractivity contribution is 7.99. The molecular weight excluding hydrogens is 428 g/mol. The molecule has 1 saturated carbocycles. The van der Waals surface area contributed by atoms with Crippen molar-refractivity contribution in [2.75, 3.05) is 5.75 Å². The molecule has 0 aliphatic heterocycles. The van der Waals surface area contributed by atoms with E-state index in [1.807, 2.05) is 4.40 Å². The normalized spacial score (nSPS) is 16.4. The first-order chi connectivity index (χ1) is 16.2. The van der Waals surface area contributed by atoms with Gasteiger partial charge in [-0.25, -0.2) is 4.40 Å². The second-order valence-corrected chi connectivity index (χ2v) is 10.9. The van der Waals surface area contributed by atoms with Gasteiger partial charge in [-0.15, -0.1) is 10.2 Å². The average Bonchev–Trinajstić information content (AvgIpc) is 3.46. The molecule has 0 N–H and O–H groups in total. The van der Waals surface area contributed by atoms with Crippen LogP contribution in [0.5, 0.6) is 0 Å². The molecule has 0 atom stereocenters. The van der Waals surface area contributed by atoms with Gasteiger partial charge in [-0.05, 0) is 37.7 Å². The Morgan fingerprint density at radius 3 is 2.55 bits per heavy atom. The van der Waals surface area contributed by atoms with E-state index in [-0.39, 0.29) is 11.0 Å². The fourth-order valence-electron chi connectivity index (χ4n) is 6.00. The van der Waals surface area contributed by atoms with E-state index in [0.29, 0.717) is 0 Å². The summed E-state index contributed by atoms with van der Waals surface area (Å²) < 4.78 is 4.20. The Morgan fingerprint density at radius 1 is 1.00 bits per heavy atom. The highest BCUT2D eigenvalue weighted by atomic mass is 32.2. The van der Waals surface area contributed by atoms with Gasteiger partial charge in [0.05, 0.1) is 5.69 Å². The largest absolute Gasteiger partial charge is 0.309 e. The topological polar surface area (TPSA) is 52.2 Å². The van der Waals surface area contributed by atoms with Gasteiger partial charge in [0.2, 0.25) is 5.78 Å². The van der Waals surface area contributed by atoms with E-state index < -0.39 is 0 Å². The molecule has 2 aliphatic rings. The van der Waals surface area contributed by atoms with E-state index >= 15 is 0 Å². The third-order valence-electron chi connectivity index (χ3n) is 7.64. The molecule has 0 bridgehead atoms. The minimum atomic E-state index is -0.0458. The van der Waals surface area contributed by atoms with E-state index in [0.717, 1.165) is 66.6 Å². The van der Waals surface area contributed by atoms with Crippen LogP contribution in [0.4, 0.5) is 0 Å². The van der Waals surface area contributed by atoms with Crippen LogP contribution in [0.1, 0.15) is 89.2 Å². The molecule has 1 fully saturated rings. The van der Waals surface area contributed by atoms with Crippen LogP contribution in [0.3, 0.4) is 0 Å². The molecule has 1 spiro atoms. The molecule has 5 rings (SSSR count). The highest BCUT2D eigenvalue weighted by Crippen LogP contribution is 2.50. The number of hydrogen-bond donors (Lipinski definition) is 0. The van der Waals surface area contributed by atoms with Gasteiger partial charge in [-0.2, -0.15) is 0 Å². The van der Waals surface area contributed by atoms with Crippen molar-refractivity contribution in [1.82, 2.24) is 19.2 Å². The first-order valence-corrected chi connectivity index (χ1v) is 13.9. The van der Waals surface area contributed by atoms with Crippen molar-refractivity contribution in [1.29, 1.82) is 0 Å². The zero-order chi connectivity index (χ0) is 22.8. The maximum absolute atomic E-state index is 14.3. The van der Waals surface area contributed by atoms with Crippen molar-refractivity contribution >= 4 is 17.5 Å². The molecule has 33 heavy (non-hydrogen) atoms. The lowest BCUT2D eigenvalue weighted by Gasteiger charge is -2.37. The average molecular weight is 465 g/mol. The zero-order valence-corrected chi connectivity index (χ0v) is 20.9. The molecule has 2 heterocycles. The van der Waals surface area contributed by atoms with Gasteiger partial charge in [0, 0.05) is 28.8 Å². The van der Waals surface area contributed by atoms with Crippen molar-refractivity contribution in [3.8, 4) is 11.3 Å². The Kier molecular flexibility index (Phi) is 6.64. The van der Waals surface area contributed by atoms with Crippen LogP contribution in [0.15, 0.2) is 34.2 Å². The van der Waals surface area contributed by atoms with Crippen LogP contribution in [-0.4, -0.2) is 24.9 Å². The fraction of sp³-hybridized carbons (Fsp3) is 0.593. The summed E-state index contributed by atoms with van der Waals surface area (Å²) in [6.45, 7) is 5.34. The Labute approximate surface area is 201 Å². The number of unbranched alkanes of at least 4 members (excludes halogenated alkanes) is 4. The first kappa shape index (κ1) is 22.7. The minimum Gasteiger partial charge on any atom is -0.309 e. The third-order valence-corrected chi connectivity index (χ3v) is 8.65. The second-order valence-electron chi connectivity index (χ2n) is 9.88. The quantitative estimate of drug-likeness (QED) is 0.272. The van der Waals surface area contributed by atoms with Crippen LogP contribution >= 0.6 is 11.8 Å². The lowest BCUT2D eigenvalue weighted by molar-refractivity contribution is 0.420. The summed E-state index contributed by atoms with van der Waals surface area (Å²) in [4.78, 5) is 14.3. The molecule has 3 aromatic rings. The predicted molar refractivity (Wildman–Crippen MR) is 136 cm³/mol. The summed E-state index contributed by atoms with van der Waals surface area (Å²) in [5, 5.41) is 9.92. The molecule has 176 valence electrons. The number of rotatable bonds is 9. The number of aromatic nitrogens is 4. The first-order valence-electron chi connectivity index (χ1n) is 12.9. The molecule has 2 aromatic heterocycles. The Hall–Kier alpha value is -2.08. The number of thioether (sulfide) groups is 1. The summed E-state index contributed by atoms with van der Waals surface area (Å²) in [5.74, 6) is 1.70. The van der Waals surface area contributed by atoms with Crippen molar-refractivity contribution in [2.24, 2.45) is 0 Å². The van der Waals surface area contributed by atoms with Gasteiger partial charge < -0.3 is 4.57 Å². The molecule has 0 unspecified atom stereocenters. The van der Waals surface area contributed by atoms with E-state index in [4.69, 9.17) is 0 Å². The van der Waals surface area contributed by atoms with Crippen LogP contribution < -0.4 is 5.56 Å². The summed E-state index contributed by atoms with van der Waals surface area (Å²) >= 11 is 1.69. The van der Waals surface area contributed by atoms with Crippen LogP contribution in [0, 0.1) is 0 Å². The number of aryl methyl sites for hydroxylation is 1. The molecule has 1 aromatic carbocycles. The summed E-state index contributed by atoms with van der Waals surface area (Å²) in [5.41, 5.74) is 4.86. The summed E-state index contributed by atoms with van der Waals surface area (Å²) in [6, 6.07) is 8.73. The van der Waals surface area contributed by atoms with Crippen LogP contribution in [0.2, 0.25) is 0 Å². The minimum absolute atomic E-state index is 0.0458. The number of benzene rings is 1. The lowest BCUT2D eigenvalue weighted by Crippen LogP contribution is -2.40. The monoisotopic (exact) mass is 464 g/mol. The number of fused-ring (bicyclic) bond motifs is 5. The molecule has 0 saturated heterocycles. The van der Waals surface area contributed by atoms with E-state index in [1.165, 1.54) is 49.7 Å². The van der Waals surface area contributed by atoms with Crippen molar-refractivity contribution in [3.63, 3.8) is 0 Å². The Balaban J connectivity index is 1.74. The maximum atomic E-state index is 14.3. The van der Waals surface area contributed by atoms with Crippen molar-refractivity contribution in [2.45, 2.75) is 102 Å². The Bertz CT molecular complexity index is 1190. The standard InChI is InChI=1S/C27H36N4OS/c1-3-5-11-17-30-23-21-14-8-7-13-20(21)19-27(15-9-10-16-27)22(23)24(32)31-25(30)28-29-26(31)33-18-12-6-4-2/h7-8,13-14H,3-6,9-12,15-19H2,1-2H3. The van der Waals surface area contributed by atoms with E-state index in [2.05, 4.69) is 52.9 Å². The molecule has 6 heteroatoms. The summed E-state index contributed by atoms with van der Waals surface area (Å²) in [7, 11) is 0. The van der Waals surface area contributed by atoms with E-state index in [9.17, 15) is 4.79 Å². The molecular formula is C27H36N4OS. The van der Waals surface area contributed by atoms with Gasteiger partial charge in [0.1, 0.15) is 0 Å². The van der Waals surface area contributed by atoms with Gasteiger partial charge in [0.25, 0.3) is 5.56 Å². The second kappa shape index (κ2) is 9.65. The predicted octanol–water partition coefficient (Wildman–Crippen LogP) is 6.40. The van der Waals surface area contributed by atoms with Crippen molar-refractivity contribution < 1.29 is 0 Å². The van der Waals surface area contributed by atoms with Crippen LogP contribution in [0.25, 0.3) is 17.0 Å². The Morgan fingerprint density at radius 2 is 1.76 bits per heavy atom. The zero-order valence-electron chi connectivity index (χ0n) is 20.1. The summed E-state index contributed by atoms with van der Waals surface area (Å²) in [6.07, 6.45) is 12.6. The van der Waals surface area contributed by atoms with Gasteiger partial charge in [0.15, 0.2) is 5.16 Å². The van der Waals surface area contributed by atoms with Crippen LogP contribution in [-0.2, 0) is 18.4 Å². The third kappa shape index (κ3) is 3.94. The smallest absolute Gasteiger partial charge is 0.265 e.